The Labute approximate surface area is 131 Å². The van der Waals surface area contributed by atoms with Crippen LogP contribution in [-0.2, 0) is 10.0 Å². The molecule has 0 bridgehead atoms. The topological polar surface area (TPSA) is 89.3 Å². The van der Waals surface area contributed by atoms with Crippen molar-refractivity contribution in [3.05, 3.63) is 58.1 Å². The van der Waals surface area contributed by atoms with Gasteiger partial charge in [-0.25, -0.2) is 8.42 Å². The van der Waals surface area contributed by atoms with Gasteiger partial charge in [0.15, 0.2) is 0 Å². The number of aryl methyl sites for hydroxylation is 1. The van der Waals surface area contributed by atoms with Gasteiger partial charge < -0.3 is 5.73 Å². The summed E-state index contributed by atoms with van der Waals surface area (Å²) in [5, 5.41) is 0. The van der Waals surface area contributed by atoms with Crippen molar-refractivity contribution in [1.82, 2.24) is 0 Å². The summed E-state index contributed by atoms with van der Waals surface area (Å²) in [5.41, 5.74) is 6.63. The summed E-state index contributed by atoms with van der Waals surface area (Å²) >= 11 is 3.24. The van der Waals surface area contributed by atoms with Crippen molar-refractivity contribution in [2.75, 3.05) is 4.72 Å². The van der Waals surface area contributed by atoms with Gasteiger partial charge in [-0.1, -0.05) is 12.1 Å². The summed E-state index contributed by atoms with van der Waals surface area (Å²) in [6.07, 6.45) is 0. The van der Waals surface area contributed by atoms with E-state index in [1.807, 2.05) is 6.92 Å². The Morgan fingerprint density at radius 1 is 1.19 bits per heavy atom. The van der Waals surface area contributed by atoms with Gasteiger partial charge in [0.1, 0.15) is 4.90 Å². The maximum absolute atomic E-state index is 12.4. The Hall–Kier alpha value is -1.86. The smallest absolute Gasteiger partial charge is 0.263 e. The number of carbonyl (C=O) groups is 1. The van der Waals surface area contributed by atoms with Crippen molar-refractivity contribution in [2.45, 2.75) is 11.8 Å². The minimum Gasteiger partial charge on any atom is -0.366 e. The molecule has 0 heterocycles. The van der Waals surface area contributed by atoms with Gasteiger partial charge in [-0.3, -0.25) is 9.52 Å². The van der Waals surface area contributed by atoms with Gasteiger partial charge in [-0.2, -0.15) is 0 Å². The molecular formula is C14H13BrN2O3S. The van der Waals surface area contributed by atoms with E-state index in [1.165, 1.54) is 18.2 Å². The number of carbonyl (C=O) groups excluding carboxylic acids is 1. The van der Waals surface area contributed by atoms with E-state index in [1.54, 1.807) is 24.3 Å². The van der Waals surface area contributed by atoms with Gasteiger partial charge in [0.25, 0.3) is 10.0 Å². The number of primary amides is 1. The number of halogens is 1. The minimum absolute atomic E-state index is 0.123. The van der Waals surface area contributed by atoms with E-state index >= 15 is 0 Å². The molecule has 0 spiro atoms. The number of nitrogens with two attached hydrogens (primary N) is 1. The SMILES string of the molecule is Cc1ccc(S(=O)(=O)Nc2cccc(C(N)=O)c2)c(Br)c1. The molecule has 0 aliphatic heterocycles. The van der Waals surface area contributed by atoms with Crippen LogP contribution >= 0.6 is 15.9 Å². The van der Waals surface area contributed by atoms with Crippen molar-refractivity contribution in [3.8, 4) is 0 Å². The Balaban J connectivity index is 2.37. The molecule has 2 aromatic rings. The fraction of sp³-hybridized carbons (Fsp3) is 0.0714. The molecule has 0 fully saturated rings. The fourth-order valence-electron chi connectivity index (χ4n) is 1.77. The second-order valence-corrected chi connectivity index (χ2v) is 6.99. The Bertz CT molecular complexity index is 804. The zero-order valence-corrected chi connectivity index (χ0v) is 13.5. The van der Waals surface area contributed by atoms with Crippen LogP contribution in [0.3, 0.4) is 0 Å². The largest absolute Gasteiger partial charge is 0.366 e. The monoisotopic (exact) mass is 368 g/mol. The van der Waals surface area contributed by atoms with Crippen molar-refractivity contribution in [3.63, 3.8) is 0 Å². The lowest BCUT2D eigenvalue weighted by Gasteiger charge is -2.10. The van der Waals surface area contributed by atoms with Gasteiger partial charge in [0, 0.05) is 15.7 Å². The number of amides is 1. The summed E-state index contributed by atoms with van der Waals surface area (Å²) < 4.78 is 27.6. The van der Waals surface area contributed by atoms with E-state index in [0.717, 1.165) is 5.56 Å². The molecule has 0 radical (unpaired) electrons. The van der Waals surface area contributed by atoms with E-state index in [4.69, 9.17) is 5.73 Å². The molecule has 5 nitrogen and oxygen atoms in total. The van der Waals surface area contributed by atoms with Gasteiger partial charge in [-0.05, 0) is 58.7 Å². The van der Waals surface area contributed by atoms with E-state index < -0.39 is 15.9 Å². The molecule has 0 aliphatic carbocycles. The molecular weight excluding hydrogens is 356 g/mol. The molecule has 0 atom stereocenters. The predicted molar refractivity (Wildman–Crippen MR) is 84.6 cm³/mol. The molecule has 21 heavy (non-hydrogen) atoms. The third kappa shape index (κ3) is 3.62. The maximum Gasteiger partial charge on any atom is 0.263 e. The number of rotatable bonds is 4. The van der Waals surface area contributed by atoms with Crippen molar-refractivity contribution >= 4 is 37.5 Å². The number of hydrogen-bond acceptors (Lipinski definition) is 3. The second-order valence-electron chi connectivity index (χ2n) is 4.48. The summed E-state index contributed by atoms with van der Waals surface area (Å²) in [5.74, 6) is -0.618. The highest BCUT2D eigenvalue weighted by Crippen LogP contribution is 2.25. The first-order chi connectivity index (χ1) is 9.79. The van der Waals surface area contributed by atoms with Crippen LogP contribution in [0.5, 0.6) is 0 Å². The highest BCUT2D eigenvalue weighted by atomic mass is 79.9. The van der Waals surface area contributed by atoms with Gasteiger partial charge in [0.2, 0.25) is 5.91 Å². The number of benzene rings is 2. The Morgan fingerprint density at radius 3 is 2.52 bits per heavy atom. The zero-order chi connectivity index (χ0) is 15.6. The van der Waals surface area contributed by atoms with Gasteiger partial charge in [-0.15, -0.1) is 0 Å². The average molecular weight is 369 g/mol. The lowest BCUT2D eigenvalue weighted by Crippen LogP contribution is -2.15. The Kier molecular flexibility index (Phi) is 4.34. The number of anilines is 1. The minimum atomic E-state index is -3.75. The molecule has 2 rings (SSSR count). The maximum atomic E-state index is 12.4. The van der Waals surface area contributed by atoms with Crippen LogP contribution in [0.4, 0.5) is 5.69 Å². The van der Waals surface area contributed by atoms with E-state index in [9.17, 15) is 13.2 Å². The molecule has 7 heteroatoms. The quantitative estimate of drug-likeness (QED) is 0.868. The van der Waals surface area contributed by atoms with Crippen molar-refractivity contribution in [1.29, 1.82) is 0 Å². The molecule has 0 saturated carbocycles. The summed E-state index contributed by atoms with van der Waals surface area (Å²) in [6, 6.07) is 10.9. The van der Waals surface area contributed by atoms with Crippen molar-refractivity contribution in [2.24, 2.45) is 5.73 Å². The molecule has 0 aromatic heterocycles. The van der Waals surface area contributed by atoms with E-state index in [0.29, 0.717) is 4.47 Å². The molecule has 0 aliphatic rings. The number of nitrogens with one attached hydrogen (secondary N) is 1. The molecule has 2 aromatic carbocycles. The average Bonchev–Trinajstić information content (AvgIpc) is 2.37. The third-order valence-corrected chi connectivity index (χ3v) is 5.13. The van der Waals surface area contributed by atoms with Crippen LogP contribution in [0.15, 0.2) is 51.8 Å². The van der Waals surface area contributed by atoms with E-state index in [2.05, 4.69) is 20.7 Å². The third-order valence-electron chi connectivity index (χ3n) is 2.78. The number of hydrogen-bond donors (Lipinski definition) is 2. The molecule has 110 valence electrons. The summed E-state index contributed by atoms with van der Waals surface area (Å²) in [6.45, 7) is 1.87. The van der Waals surface area contributed by atoms with E-state index in [-0.39, 0.29) is 16.1 Å². The number of sulfonamides is 1. The van der Waals surface area contributed by atoms with Crippen LogP contribution < -0.4 is 10.5 Å². The molecule has 1 amide bonds. The molecule has 0 unspecified atom stereocenters. The predicted octanol–water partition coefficient (Wildman–Crippen LogP) is 2.66. The van der Waals surface area contributed by atoms with Crippen molar-refractivity contribution < 1.29 is 13.2 Å². The summed E-state index contributed by atoms with van der Waals surface area (Å²) in [4.78, 5) is 11.2. The lowest BCUT2D eigenvalue weighted by molar-refractivity contribution is 0.100. The van der Waals surface area contributed by atoms with Crippen LogP contribution in [0.1, 0.15) is 15.9 Å². The highest BCUT2D eigenvalue weighted by molar-refractivity contribution is 9.10. The zero-order valence-electron chi connectivity index (χ0n) is 11.1. The standard InChI is InChI=1S/C14H13BrN2O3S/c1-9-5-6-13(12(15)7-9)21(19,20)17-11-4-2-3-10(8-11)14(16)18/h2-8,17H,1H3,(H2,16,18). The van der Waals surface area contributed by atoms with Gasteiger partial charge in [0.05, 0.1) is 0 Å². The highest BCUT2D eigenvalue weighted by Gasteiger charge is 2.18. The molecule has 0 saturated heterocycles. The second kappa shape index (κ2) is 5.87. The first-order valence-electron chi connectivity index (χ1n) is 5.98. The van der Waals surface area contributed by atoms with Crippen LogP contribution in [0.25, 0.3) is 0 Å². The summed E-state index contributed by atoms with van der Waals surface area (Å²) in [7, 11) is -3.75. The first kappa shape index (κ1) is 15.5. The van der Waals surface area contributed by atoms with Crippen LogP contribution in [-0.4, -0.2) is 14.3 Å². The van der Waals surface area contributed by atoms with Gasteiger partial charge >= 0.3 is 0 Å². The first-order valence-corrected chi connectivity index (χ1v) is 8.26. The Morgan fingerprint density at radius 2 is 1.90 bits per heavy atom. The molecule has 3 N–H and O–H groups in total. The van der Waals surface area contributed by atoms with Crippen LogP contribution in [0, 0.1) is 6.92 Å². The van der Waals surface area contributed by atoms with Crippen LogP contribution in [0.2, 0.25) is 0 Å². The fourth-order valence-corrected chi connectivity index (χ4v) is 4.01. The normalized spacial score (nSPS) is 11.1. The lowest BCUT2D eigenvalue weighted by atomic mass is 10.2.